The first-order valence-electron chi connectivity index (χ1n) is 5.68. The van der Waals surface area contributed by atoms with Gasteiger partial charge in [-0.25, -0.2) is 0 Å². The molecule has 0 saturated heterocycles. The minimum Gasteiger partial charge on any atom is -0.496 e. The number of ether oxygens (including phenoxy) is 2. The van der Waals surface area contributed by atoms with Crippen LogP contribution in [-0.2, 0) is 4.74 Å². The van der Waals surface area contributed by atoms with Crippen molar-refractivity contribution in [3.05, 3.63) is 28.2 Å². The third-order valence-electron chi connectivity index (χ3n) is 2.94. The Morgan fingerprint density at radius 1 is 1.35 bits per heavy atom. The Hall–Kier alpha value is -0.580. The summed E-state index contributed by atoms with van der Waals surface area (Å²) < 4.78 is 11.4. The Labute approximate surface area is 111 Å². The Kier molecular flexibility index (Phi) is 5.95. The van der Waals surface area contributed by atoms with E-state index in [4.69, 9.17) is 15.2 Å². The molecular weight excluding hydrogens is 282 g/mol. The van der Waals surface area contributed by atoms with Crippen LogP contribution in [0.3, 0.4) is 0 Å². The summed E-state index contributed by atoms with van der Waals surface area (Å²) in [6, 6.07) is 5.86. The molecule has 2 unspecified atom stereocenters. The van der Waals surface area contributed by atoms with E-state index in [-0.39, 0.29) is 6.04 Å². The summed E-state index contributed by atoms with van der Waals surface area (Å²) in [4.78, 5) is 0. The third kappa shape index (κ3) is 3.98. The van der Waals surface area contributed by atoms with Gasteiger partial charge in [-0.1, -0.05) is 22.9 Å². The van der Waals surface area contributed by atoms with E-state index in [9.17, 15) is 0 Å². The van der Waals surface area contributed by atoms with Crippen LogP contribution in [0.2, 0.25) is 0 Å². The summed E-state index contributed by atoms with van der Waals surface area (Å²) in [6.45, 7) is 2.86. The van der Waals surface area contributed by atoms with Gasteiger partial charge in [-0.05, 0) is 30.5 Å². The van der Waals surface area contributed by atoms with Crippen molar-refractivity contribution < 1.29 is 9.47 Å². The number of hydrogen-bond donors (Lipinski definition) is 1. The lowest BCUT2D eigenvalue weighted by molar-refractivity contribution is 0.174. The Balaban J connectivity index is 2.86. The van der Waals surface area contributed by atoms with Crippen molar-refractivity contribution in [3.8, 4) is 5.75 Å². The molecule has 4 heteroatoms. The van der Waals surface area contributed by atoms with E-state index in [2.05, 4.69) is 22.9 Å². The van der Waals surface area contributed by atoms with Crippen LogP contribution in [-0.4, -0.2) is 20.8 Å². The van der Waals surface area contributed by atoms with Gasteiger partial charge in [-0.15, -0.1) is 0 Å². The van der Waals surface area contributed by atoms with Gasteiger partial charge in [0.2, 0.25) is 0 Å². The predicted octanol–water partition coefficient (Wildman–Crippen LogP) is 3.13. The average molecular weight is 302 g/mol. The smallest absolute Gasteiger partial charge is 0.123 e. The number of nitrogens with two attached hydrogens (primary N) is 1. The highest BCUT2D eigenvalue weighted by Gasteiger charge is 2.18. The van der Waals surface area contributed by atoms with Crippen LogP contribution in [0.1, 0.15) is 24.9 Å². The van der Waals surface area contributed by atoms with E-state index in [0.717, 1.165) is 28.8 Å². The predicted molar refractivity (Wildman–Crippen MR) is 73.3 cm³/mol. The molecule has 0 fully saturated rings. The van der Waals surface area contributed by atoms with Crippen LogP contribution in [0, 0.1) is 5.92 Å². The molecular formula is C13H20BrNO2. The minimum absolute atomic E-state index is 0.0439. The summed E-state index contributed by atoms with van der Waals surface area (Å²) in [7, 11) is 3.37. The van der Waals surface area contributed by atoms with Crippen molar-refractivity contribution >= 4 is 15.9 Å². The molecule has 0 bridgehead atoms. The Bertz CT molecular complexity index is 357. The Morgan fingerprint density at radius 3 is 2.65 bits per heavy atom. The Morgan fingerprint density at radius 2 is 2.06 bits per heavy atom. The molecule has 0 spiro atoms. The fourth-order valence-electron chi connectivity index (χ4n) is 1.76. The van der Waals surface area contributed by atoms with Crippen molar-refractivity contribution in [2.24, 2.45) is 11.7 Å². The van der Waals surface area contributed by atoms with Gasteiger partial charge in [0.25, 0.3) is 0 Å². The highest BCUT2D eigenvalue weighted by molar-refractivity contribution is 9.10. The molecule has 1 aromatic rings. The van der Waals surface area contributed by atoms with E-state index < -0.39 is 0 Å². The highest BCUT2D eigenvalue weighted by atomic mass is 79.9. The lowest BCUT2D eigenvalue weighted by Gasteiger charge is -2.22. The van der Waals surface area contributed by atoms with Gasteiger partial charge in [-0.3, -0.25) is 0 Å². The van der Waals surface area contributed by atoms with E-state index >= 15 is 0 Å². The first-order chi connectivity index (χ1) is 8.10. The molecule has 17 heavy (non-hydrogen) atoms. The number of rotatable bonds is 6. The standard InChI is InChI=1S/C13H20BrNO2/c1-9(6-7-16-2)13(15)11-8-10(14)4-5-12(11)17-3/h4-5,8-9,13H,6-7,15H2,1-3H3. The molecule has 96 valence electrons. The highest BCUT2D eigenvalue weighted by Crippen LogP contribution is 2.32. The molecule has 0 aliphatic carbocycles. The van der Waals surface area contributed by atoms with Crippen LogP contribution in [0.4, 0.5) is 0 Å². The quantitative estimate of drug-likeness (QED) is 0.878. The topological polar surface area (TPSA) is 44.5 Å². The van der Waals surface area contributed by atoms with Crippen LogP contribution < -0.4 is 10.5 Å². The second kappa shape index (κ2) is 6.99. The number of hydrogen-bond acceptors (Lipinski definition) is 3. The maximum Gasteiger partial charge on any atom is 0.123 e. The van der Waals surface area contributed by atoms with E-state index in [1.807, 2.05) is 18.2 Å². The third-order valence-corrected chi connectivity index (χ3v) is 3.43. The molecule has 0 aliphatic heterocycles. The molecule has 0 aromatic heterocycles. The van der Waals surface area contributed by atoms with E-state index in [1.54, 1.807) is 14.2 Å². The molecule has 3 nitrogen and oxygen atoms in total. The zero-order valence-electron chi connectivity index (χ0n) is 10.6. The van der Waals surface area contributed by atoms with Crippen molar-refractivity contribution in [3.63, 3.8) is 0 Å². The number of halogens is 1. The fraction of sp³-hybridized carbons (Fsp3) is 0.538. The van der Waals surface area contributed by atoms with E-state index in [0.29, 0.717) is 5.92 Å². The van der Waals surface area contributed by atoms with Gasteiger partial charge < -0.3 is 15.2 Å². The van der Waals surface area contributed by atoms with Crippen molar-refractivity contribution in [2.75, 3.05) is 20.8 Å². The largest absolute Gasteiger partial charge is 0.496 e. The van der Waals surface area contributed by atoms with Crippen LogP contribution in [0.5, 0.6) is 5.75 Å². The lowest BCUT2D eigenvalue weighted by atomic mass is 9.92. The lowest BCUT2D eigenvalue weighted by Crippen LogP contribution is -2.21. The summed E-state index contributed by atoms with van der Waals surface area (Å²) in [6.07, 6.45) is 0.938. The van der Waals surface area contributed by atoms with E-state index in [1.165, 1.54) is 0 Å². The van der Waals surface area contributed by atoms with Gasteiger partial charge in [0.1, 0.15) is 5.75 Å². The van der Waals surface area contributed by atoms with Gasteiger partial charge in [0.15, 0.2) is 0 Å². The monoisotopic (exact) mass is 301 g/mol. The van der Waals surface area contributed by atoms with Crippen LogP contribution in [0.15, 0.2) is 22.7 Å². The van der Waals surface area contributed by atoms with Crippen molar-refractivity contribution in [2.45, 2.75) is 19.4 Å². The van der Waals surface area contributed by atoms with Crippen LogP contribution in [0.25, 0.3) is 0 Å². The zero-order valence-corrected chi connectivity index (χ0v) is 12.2. The summed E-state index contributed by atoms with van der Waals surface area (Å²) in [5, 5.41) is 0. The molecule has 0 radical (unpaired) electrons. The molecule has 0 aliphatic rings. The number of methoxy groups -OCH3 is 2. The van der Waals surface area contributed by atoms with Crippen molar-refractivity contribution in [1.29, 1.82) is 0 Å². The maximum atomic E-state index is 6.27. The fourth-order valence-corrected chi connectivity index (χ4v) is 2.13. The summed E-state index contributed by atoms with van der Waals surface area (Å²) in [5.41, 5.74) is 7.30. The average Bonchev–Trinajstić information content (AvgIpc) is 2.34. The van der Waals surface area contributed by atoms with Gasteiger partial charge >= 0.3 is 0 Å². The maximum absolute atomic E-state index is 6.27. The summed E-state index contributed by atoms with van der Waals surface area (Å²) in [5.74, 6) is 1.18. The minimum atomic E-state index is -0.0439. The second-order valence-corrected chi connectivity index (χ2v) is 5.09. The second-order valence-electron chi connectivity index (χ2n) is 4.17. The SMILES string of the molecule is COCCC(C)C(N)c1cc(Br)ccc1OC. The normalized spacial score (nSPS) is 14.4. The number of benzene rings is 1. The summed E-state index contributed by atoms with van der Waals surface area (Å²) >= 11 is 3.46. The molecule has 1 aromatic carbocycles. The molecule has 0 amide bonds. The van der Waals surface area contributed by atoms with Gasteiger partial charge in [0, 0.05) is 29.8 Å². The zero-order chi connectivity index (χ0) is 12.8. The van der Waals surface area contributed by atoms with Gasteiger partial charge in [-0.2, -0.15) is 0 Å². The van der Waals surface area contributed by atoms with Crippen LogP contribution >= 0.6 is 15.9 Å². The van der Waals surface area contributed by atoms with Gasteiger partial charge in [0.05, 0.1) is 7.11 Å². The molecule has 0 saturated carbocycles. The molecule has 2 atom stereocenters. The molecule has 2 N–H and O–H groups in total. The van der Waals surface area contributed by atoms with Crippen molar-refractivity contribution in [1.82, 2.24) is 0 Å². The molecule has 1 rings (SSSR count). The first kappa shape index (κ1) is 14.5. The first-order valence-corrected chi connectivity index (χ1v) is 6.47. The molecule has 0 heterocycles.